The molecule has 3 atom stereocenters. The van der Waals surface area contributed by atoms with Crippen LogP contribution in [0.5, 0.6) is 11.5 Å². The predicted molar refractivity (Wildman–Crippen MR) is 207 cm³/mol. The van der Waals surface area contributed by atoms with Crippen molar-refractivity contribution in [2.24, 2.45) is 0 Å². The Morgan fingerprint density at radius 2 is 1.76 bits per heavy atom. The van der Waals surface area contributed by atoms with Gasteiger partial charge in [-0.05, 0) is 71.6 Å². The normalized spacial score (nSPS) is 14.9. The van der Waals surface area contributed by atoms with E-state index in [-0.39, 0.29) is 43.8 Å². The zero-order valence-electron chi connectivity index (χ0n) is 30.6. The first-order valence-electron chi connectivity index (χ1n) is 18.2. The summed E-state index contributed by atoms with van der Waals surface area (Å²) in [4.78, 5) is 51.9. The van der Waals surface area contributed by atoms with Gasteiger partial charge in [0.25, 0.3) is 0 Å². The van der Waals surface area contributed by atoms with Gasteiger partial charge in [-0.2, -0.15) is 0 Å². The first-order chi connectivity index (χ1) is 26.9. The lowest BCUT2D eigenvalue weighted by Gasteiger charge is -2.24. The lowest BCUT2D eigenvalue weighted by atomic mass is 10.0. The van der Waals surface area contributed by atoms with E-state index < -0.39 is 18.0 Å². The molecule has 0 saturated carbocycles. The van der Waals surface area contributed by atoms with Crippen LogP contribution >= 0.6 is 11.3 Å². The summed E-state index contributed by atoms with van der Waals surface area (Å²) in [7, 11) is 1.55. The van der Waals surface area contributed by atoms with Crippen molar-refractivity contribution < 1.29 is 33.4 Å². The van der Waals surface area contributed by atoms with E-state index in [2.05, 4.69) is 31.6 Å². The van der Waals surface area contributed by atoms with Gasteiger partial charge in [0, 0.05) is 31.2 Å². The van der Waals surface area contributed by atoms with Gasteiger partial charge in [-0.25, -0.2) is 4.68 Å². The number of hydrogen-bond donors (Lipinski definition) is 4. The standard InChI is InChI=1S/C40H45N7O7S/c1-52-19-17-42-38(49)34(43-40(51)35(44-39(50)33-9-6-16-41-33)22-29-26-55-37-11-5-3-8-32(29)37)21-27-12-14-31(15-13-27)53-20-18-47-23-30(45-46-47)25-54-36-10-4-2-7-28(36)24-48/h2-5,7-8,10-15,23-24,26,33-35,41H,6,9,16-22,25H2,1H3,(H,42,49)(H,43,51)(H,44,50)/t33?,34?,35-/m0/s1. The van der Waals surface area contributed by atoms with Crippen molar-refractivity contribution in [2.75, 3.05) is 33.4 Å². The molecule has 1 aliphatic rings. The number of hydrogen-bond acceptors (Lipinski definition) is 11. The fourth-order valence-electron chi connectivity index (χ4n) is 6.27. The summed E-state index contributed by atoms with van der Waals surface area (Å²) >= 11 is 1.59. The minimum absolute atomic E-state index is 0.165. The van der Waals surface area contributed by atoms with Crippen LogP contribution in [0, 0.1) is 0 Å². The summed E-state index contributed by atoms with van der Waals surface area (Å²) in [6.45, 7) is 2.26. The highest BCUT2D eigenvalue weighted by Gasteiger charge is 2.31. The van der Waals surface area contributed by atoms with E-state index in [9.17, 15) is 19.2 Å². The molecule has 3 aromatic carbocycles. The third kappa shape index (κ3) is 11.0. The Morgan fingerprint density at radius 1 is 0.964 bits per heavy atom. The van der Waals surface area contributed by atoms with Gasteiger partial charge in [0.05, 0.1) is 31.0 Å². The smallest absolute Gasteiger partial charge is 0.243 e. The number of rotatable bonds is 20. The summed E-state index contributed by atoms with van der Waals surface area (Å²) in [5, 5.41) is 23.3. The van der Waals surface area contributed by atoms with E-state index in [1.54, 1.807) is 65.7 Å². The van der Waals surface area contributed by atoms with Crippen LogP contribution in [0.25, 0.3) is 10.1 Å². The molecule has 0 bridgehead atoms. The maximum atomic E-state index is 14.0. The van der Waals surface area contributed by atoms with Crippen molar-refractivity contribution in [3.8, 4) is 11.5 Å². The summed E-state index contributed by atoms with van der Waals surface area (Å²) in [6, 6.07) is 20.1. The molecule has 0 aliphatic carbocycles. The van der Waals surface area contributed by atoms with E-state index in [1.165, 1.54) is 0 Å². The Kier molecular flexibility index (Phi) is 13.9. The first-order valence-corrected chi connectivity index (χ1v) is 19.1. The molecule has 5 aromatic rings. The van der Waals surface area contributed by atoms with Crippen LogP contribution in [0.15, 0.2) is 84.4 Å². The average Bonchev–Trinajstić information content (AvgIpc) is 4.00. The van der Waals surface area contributed by atoms with Crippen LogP contribution in [0.2, 0.25) is 0 Å². The predicted octanol–water partition coefficient (Wildman–Crippen LogP) is 3.23. The average molecular weight is 768 g/mol. The van der Waals surface area contributed by atoms with E-state index in [1.807, 2.05) is 41.8 Å². The molecule has 0 spiro atoms. The number of nitrogens with one attached hydrogen (secondary N) is 4. The first kappa shape index (κ1) is 39.1. The van der Waals surface area contributed by atoms with E-state index in [0.29, 0.717) is 48.9 Å². The number of nitrogens with zero attached hydrogens (tertiary/aromatic N) is 3. The van der Waals surface area contributed by atoms with Gasteiger partial charge in [0.2, 0.25) is 17.7 Å². The molecule has 15 heteroatoms. The molecule has 0 radical (unpaired) electrons. The minimum atomic E-state index is -0.920. The van der Waals surface area contributed by atoms with E-state index in [4.69, 9.17) is 14.2 Å². The molecule has 3 amide bonds. The topological polar surface area (TPSA) is 175 Å². The second-order valence-electron chi connectivity index (χ2n) is 13.1. The molecule has 2 unspecified atom stereocenters. The van der Waals surface area contributed by atoms with Crippen molar-refractivity contribution in [1.82, 2.24) is 36.3 Å². The Balaban J connectivity index is 1.07. The molecule has 3 heterocycles. The molecule has 1 aliphatic heterocycles. The number of para-hydroxylation sites is 1. The molecule has 1 saturated heterocycles. The number of thiophene rings is 1. The van der Waals surface area contributed by atoms with Crippen molar-refractivity contribution in [2.45, 2.75) is 57.0 Å². The van der Waals surface area contributed by atoms with Gasteiger partial charge < -0.3 is 35.5 Å². The molecule has 288 valence electrons. The van der Waals surface area contributed by atoms with E-state index >= 15 is 0 Å². The molecular weight excluding hydrogens is 723 g/mol. The SMILES string of the molecule is COCCNC(=O)C(Cc1ccc(OCCn2cc(COc3ccccc3C=O)nn2)cc1)NC(=O)[C@H](Cc1csc2ccccc12)NC(=O)C1CCCN1. The van der Waals surface area contributed by atoms with Crippen LogP contribution in [0.1, 0.15) is 40.0 Å². The highest BCUT2D eigenvalue weighted by Crippen LogP contribution is 2.27. The number of methoxy groups -OCH3 is 1. The minimum Gasteiger partial charge on any atom is -0.492 e. The zero-order chi connectivity index (χ0) is 38.4. The second kappa shape index (κ2) is 19.6. The molecule has 2 aromatic heterocycles. The lowest BCUT2D eigenvalue weighted by molar-refractivity contribution is -0.132. The number of benzene rings is 3. The van der Waals surface area contributed by atoms with Crippen molar-refractivity contribution in [3.05, 3.63) is 107 Å². The third-order valence-corrected chi connectivity index (χ3v) is 10.2. The van der Waals surface area contributed by atoms with Crippen LogP contribution in [0.4, 0.5) is 0 Å². The van der Waals surface area contributed by atoms with Gasteiger partial charge in [-0.15, -0.1) is 16.4 Å². The Bertz CT molecular complexity index is 2040. The number of aromatic nitrogens is 3. The van der Waals surface area contributed by atoms with Crippen LogP contribution in [-0.4, -0.2) is 90.5 Å². The highest BCUT2D eigenvalue weighted by molar-refractivity contribution is 7.17. The molecule has 1 fully saturated rings. The van der Waals surface area contributed by atoms with Gasteiger partial charge in [0.1, 0.15) is 42.5 Å². The Hall–Kier alpha value is -5.64. The summed E-state index contributed by atoms with van der Waals surface area (Å²) in [6.07, 6.45) is 4.57. The largest absolute Gasteiger partial charge is 0.492 e. The maximum Gasteiger partial charge on any atom is 0.243 e. The van der Waals surface area contributed by atoms with Crippen LogP contribution in [-0.2, 0) is 45.1 Å². The van der Waals surface area contributed by atoms with Crippen molar-refractivity contribution >= 4 is 45.4 Å². The number of carbonyl (C=O) groups excluding carboxylic acids is 4. The molecule has 6 rings (SSSR count). The third-order valence-electron chi connectivity index (χ3n) is 9.19. The van der Waals surface area contributed by atoms with E-state index in [0.717, 1.165) is 40.5 Å². The molecule has 14 nitrogen and oxygen atoms in total. The zero-order valence-corrected chi connectivity index (χ0v) is 31.4. The van der Waals surface area contributed by atoms with Crippen molar-refractivity contribution in [1.29, 1.82) is 0 Å². The second-order valence-corrected chi connectivity index (χ2v) is 14.0. The number of ether oxygens (including phenoxy) is 3. The van der Waals surface area contributed by atoms with Crippen molar-refractivity contribution in [3.63, 3.8) is 0 Å². The Labute approximate surface area is 322 Å². The van der Waals surface area contributed by atoms with Crippen LogP contribution < -0.4 is 30.7 Å². The fourth-order valence-corrected chi connectivity index (χ4v) is 7.25. The Morgan fingerprint density at radius 3 is 2.56 bits per heavy atom. The number of aldehydes is 1. The monoisotopic (exact) mass is 767 g/mol. The summed E-state index contributed by atoms with van der Waals surface area (Å²) in [5.74, 6) is 0.0628. The number of amides is 3. The van der Waals surface area contributed by atoms with Gasteiger partial charge in [-0.1, -0.05) is 47.7 Å². The highest BCUT2D eigenvalue weighted by atomic mass is 32.1. The lowest BCUT2D eigenvalue weighted by Crippen LogP contribution is -2.57. The van der Waals surface area contributed by atoms with Gasteiger partial charge in [0.15, 0.2) is 6.29 Å². The summed E-state index contributed by atoms with van der Waals surface area (Å²) < 4.78 is 19.5. The fraction of sp³-hybridized carbons (Fsp3) is 0.350. The maximum absolute atomic E-state index is 14.0. The quantitative estimate of drug-likeness (QED) is 0.0680. The van der Waals surface area contributed by atoms with Gasteiger partial charge >= 0.3 is 0 Å². The number of fused-ring (bicyclic) bond motifs is 1. The molecule has 55 heavy (non-hydrogen) atoms. The number of carbonyl (C=O) groups is 4. The molecular formula is C40H45N7O7S. The van der Waals surface area contributed by atoms with Crippen LogP contribution in [0.3, 0.4) is 0 Å². The van der Waals surface area contributed by atoms with Gasteiger partial charge in [-0.3, -0.25) is 19.2 Å². The molecule has 4 N–H and O–H groups in total. The summed E-state index contributed by atoms with van der Waals surface area (Å²) in [5.41, 5.74) is 2.83.